The van der Waals surface area contributed by atoms with E-state index < -0.39 is 0 Å². The molecule has 0 radical (unpaired) electrons. The molecular formula is C30H34N8O2. The van der Waals surface area contributed by atoms with E-state index in [1.165, 1.54) is 11.0 Å². The van der Waals surface area contributed by atoms with Crippen molar-refractivity contribution in [2.24, 2.45) is 13.0 Å². The van der Waals surface area contributed by atoms with E-state index in [1.54, 1.807) is 11.6 Å². The second-order valence-corrected chi connectivity index (χ2v) is 11.2. The quantitative estimate of drug-likeness (QED) is 0.326. The van der Waals surface area contributed by atoms with E-state index in [-0.39, 0.29) is 23.1 Å². The molecular weight excluding hydrogens is 504 g/mol. The van der Waals surface area contributed by atoms with Crippen molar-refractivity contribution in [3.8, 4) is 22.5 Å². The van der Waals surface area contributed by atoms with Crippen molar-refractivity contribution in [2.75, 3.05) is 0 Å². The van der Waals surface area contributed by atoms with E-state index in [9.17, 15) is 9.59 Å². The van der Waals surface area contributed by atoms with E-state index in [4.69, 9.17) is 4.98 Å². The van der Waals surface area contributed by atoms with Crippen molar-refractivity contribution < 1.29 is 0 Å². The van der Waals surface area contributed by atoms with Gasteiger partial charge in [0.15, 0.2) is 11.2 Å². The fourth-order valence-corrected chi connectivity index (χ4v) is 5.93. The zero-order valence-corrected chi connectivity index (χ0v) is 23.2. The van der Waals surface area contributed by atoms with Crippen molar-refractivity contribution in [1.82, 2.24) is 39.3 Å². The molecule has 0 amide bonds. The first-order chi connectivity index (χ1) is 19.4. The van der Waals surface area contributed by atoms with Gasteiger partial charge >= 0.3 is 5.69 Å². The van der Waals surface area contributed by atoms with Crippen LogP contribution >= 0.6 is 0 Å². The molecule has 10 nitrogen and oxygen atoms in total. The summed E-state index contributed by atoms with van der Waals surface area (Å²) in [6.45, 7) is 4.91. The Morgan fingerprint density at radius 2 is 1.68 bits per heavy atom. The third-order valence-corrected chi connectivity index (χ3v) is 7.90. The lowest BCUT2D eigenvalue weighted by atomic mass is 9.88. The predicted molar refractivity (Wildman–Crippen MR) is 154 cm³/mol. The van der Waals surface area contributed by atoms with Crippen molar-refractivity contribution in [1.29, 1.82) is 0 Å². The number of fused-ring (bicyclic) bond motifs is 1. The Labute approximate surface area is 231 Å². The molecule has 1 fully saturated rings. The number of aryl methyl sites for hydroxylation is 1. The SMILES string of the molecule is CC(C)Cn1c(=O)c2c(nc(C3CCCCC3)n2Cc2ccc(-c3ccccc3-c3nn[nH]n3)cc2)n(C)c1=O. The Balaban J connectivity index is 1.44. The minimum Gasteiger partial charge on any atom is -0.317 e. The number of aromatic amines is 1. The Hall–Kier alpha value is -4.34. The van der Waals surface area contributed by atoms with Gasteiger partial charge in [-0.05, 0) is 40.7 Å². The molecule has 6 rings (SSSR count). The third-order valence-electron chi connectivity index (χ3n) is 7.90. The lowest BCUT2D eigenvalue weighted by molar-refractivity contribution is 0.419. The maximum absolute atomic E-state index is 13.8. The van der Waals surface area contributed by atoms with Gasteiger partial charge in [0.2, 0.25) is 5.82 Å². The van der Waals surface area contributed by atoms with E-state index >= 15 is 0 Å². The maximum Gasteiger partial charge on any atom is 0.332 e. The number of hydrogen-bond acceptors (Lipinski definition) is 6. The van der Waals surface area contributed by atoms with Crippen LogP contribution in [0, 0.1) is 5.92 Å². The summed E-state index contributed by atoms with van der Waals surface area (Å²) in [5, 5.41) is 14.5. The van der Waals surface area contributed by atoms with Gasteiger partial charge in [-0.15, -0.1) is 10.2 Å². The smallest absolute Gasteiger partial charge is 0.317 e. The van der Waals surface area contributed by atoms with Crippen LogP contribution in [-0.2, 0) is 20.1 Å². The summed E-state index contributed by atoms with van der Waals surface area (Å²) in [5.74, 6) is 1.90. The summed E-state index contributed by atoms with van der Waals surface area (Å²) in [6, 6.07) is 16.3. The average molecular weight is 539 g/mol. The van der Waals surface area contributed by atoms with Crippen molar-refractivity contribution in [2.45, 2.75) is 65.0 Å². The maximum atomic E-state index is 13.8. The van der Waals surface area contributed by atoms with Crippen LogP contribution in [0.4, 0.5) is 0 Å². The van der Waals surface area contributed by atoms with Crippen molar-refractivity contribution in [3.63, 3.8) is 0 Å². The van der Waals surface area contributed by atoms with E-state index in [1.807, 2.05) is 38.1 Å². The fourth-order valence-electron chi connectivity index (χ4n) is 5.93. The summed E-state index contributed by atoms with van der Waals surface area (Å²) in [4.78, 5) is 31.9. The molecule has 0 unspecified atom stereocenters. The Bertz CT molecular complexity index is 1750. The van der Waals surface area contributed by atoms with Gasteiger partial charge in [0.05, 0.1) is 0 Å². The number of nitrogens with one attached hydrogen (secondary N) is 1. The Morgan fingerprint density at radius 3 is 2.35 bits per heavy atom. The molecule has 1 aliphatic carbocycles. The van der Waals surface area contributed by atoms with E-state index in [0.29, 0.717) is 30.1 Å². The summed E-state index contributed by atoms with van der Waals surface area (Å²) in [7, 11) is 1.72. The van der Waals surface area contributed by atoms with Gasteiger partial charge in [-0.2, -0.15) is 5.21 Å². The Morgan fingerprint density at radius 1 is 0.950 bits per heavy atom. The van der Waals surface area contributed by atoms with Crippen LogP contribution in [0.25, 0.3) is 33.7 Å². The molecule has 1 N–H and O–H groups in total. The zero-order valence-electron chi connectivity index (χ0n) is 23.2. The number of H-pyrrole nitrogens is 1. The van der Waals surface area contributed by atoms with Crippen LogP contribution in [0.3, 0.4) is 0 Å². The summed E-state index contributed by atoms with van der Waals surface area (Å²) in [6.07, 6.45) is 5.62. The highest BCUT2D eigenvalue weighted by molar-refractivity contribution is 5.80. The predicted octanol–water partition coefficient (Wildman–Crippen LogP) is 4.50. The fraction of sp³-hybridized carbons (Fsp3) is 0.400. The number of rotatable bonds is 7. The van der Waals surface area contributed by atoms with Gasteiger partial charge in [0.1, 0.15) is 5.82 Å². The topological polar surface area (TPSA) is 116 Å². The highest BCUT2D eigenvalue weighted by Gasteiger charge is 2.26. The number of nitrogens with zero attached hydrogens (tertiary/aromatic N) is 7. The van der Waals surface area contributed by atoms with Gasteiger partial charge in [-0.25, -0.2) is 9.78 Å². The third kappa shape index (κ3) is 4.67. The number of benzene rings is 2. The number of imidazole rings is 1. The Kier molecular flexibility index (Phi) is 6.91. The summed E-state index contributed by atoms with van der Waals surface area (Å²) < 4.78 is 4.99. The first-order valence-electron chi connectivity index (χ1n) is 14.0. The second kappa shape index (κ2) is 10.7. The highest BCUT2D eigenvalue weighted by atomic mass is 16.2. The number of aromatic nitrogens is 8. The molecule has 0 aliphatic heterocycles. The largest absolute Gasteiger partial charge is 0.332 e. The number of tetrazole rings is 1. The first-order valence-corrected chi connectivity index (χ1v) is 14.0. The molecule has 40 heavy (non-hydrogen) atoms. The minimum absolute atomic E-state index is 0.167. The number of hydrogen-bond donors (Lipinski definition) is 1. The molecule has 0 atom stereocenters. The molecule has 1 saturated carbocycles. The van der Waals surface area contributed by atoms with Crippen LogP contribution in [-0.4, -0.2) is 39.3 Å². The zero-order chi connectivity index (χ0) is 27.8. The van der Waals surface area contributed by atoms with Crippen molar-refractivity contribution >= 4 is 11.2 Å². The van der Waals surface area contributed by atoms with Gasteiger partial charge in [0, 0.05) is 31.6 Å². The molecule has 3 heterocycles. The van der Waals surface area contributed by atoms with Gasteiger partial charge in [-0.3, -0.25) is 13.9 Å². The molecule has 10 heteroatoms. The van der Waals surface area contributed by atoms with E-state index in [0.717, 1.165) is 53.8 Å². The molecule has 0 spiro atoms. The second-order valence-electron chi connectivity index (χ2n) is 11.2. The van der Waals surface area contributed by atoms with Gasteiger partial charge in [-0.1, -0.05) is 81.6 Å². The van der Waals surface area contributed by atoms with Crippen LogP contribution in [0.5, 0.6) is 0 Å². The van der Waals surface area contributed by atoms with Crippen LogP contribution < -0.4 is 11.2 Å². The summed E-state index contributed by atoms with van der Waals surface area (Å²) in [5.41, 5.74) is 4.42. The monoisotopic (exact) mass is 538 g/mol. The van der Waals surface area contributed by atoms with Gasteiger partial charge in [0.25, 0.3) is 5.56 Å². The molecule has 0 saturated heterocycles. The molecule has 1 aliphatic rings. The van der Waals surface area contributed by atoms with Gasteiger partial charge < -0.3 is 4.57 Å². The van der Waals surface area contributed by atoms with E-state index in [2.05, 4.69) is 49.5 Å². The molecule has 0 bridgehead atoms. The van der Waals surface area contributed by atoms with Crippen molar-refractivity contribution in [3.05, 3.63) is 80.8 Å². The molecule has 206 valence electrons. The summed E-state index contributed by atoms with van der Waals surface area (Å²) >= 11 is 0. The van der Waals surface area contributed by atoms with Crippen LogP contribution in [0.1, 0.15) is 63.3 Å². The standard InChI is InChI=1S/C30H34N8O2/c1-19(2)17-38-29(39)25-28(36(3)30(38)40)31-27(22-9-5-4-6-10-22)37(25)18-20-13-15-21(16-14-20)23-11-7-8-12-24(23)26-32-34-35-33-26/h7-8,11-16,19,22H,4-6,9-10,17-18H2,1-3H3,(H,32,33,34,35). The lowest BCUT2D eigenvalue weighted by Crippen LogP contribution is -2.40. The highest BCUT2D eigenvalue weighted by Crippen LogP contribution is 2.34. The normalized spacial score (nSPS) is 14.4. The lowest BCUT2D eigenvalue weighted by Gasteiger charge is -2.22. The minimum atomic E-state index is -0.310. The van der Waals surface area contributed by atoms with Crippen LogP contribution in [0.15, 0.2) is 58.1 Å². The first kappa shape index (κ1) is 25.9. The molecule has 3 aromatic heterocycles. The molecule has 5 aromatic rings. The van der Waals surface area contributed by atoms with Crippen LogP contribution in [0.2, 0.25) is 0 Å². The molecule has 2 aromatic carbocycles. The average Bonchev–Trinajstić information content (AvgIpc) is 3.64.